The summed E-state index contributed by atoms with van der Waals surface area (Å²) >= 11 is 6.39. The average Bonchev–Trinajstić information content (AvgIpc) is 3.30. The number of amides is 1. The van der Waals surface area contributed by atoms with Crippen molar-refractivity contribution in [2.45, 2.75) is 39.0 Å². The molecule has 6 heteroatoms. The highest BCUT2D eigenvalue weighted by molar-refractivity contribution is 6.33. The van der Waals surface area contributed by atoms with E-state index in [9.17, 15) is 9.59 Å². The lowest BCUT2D eigenvalue weighted by Gasteiger charge is -2.33. The molecule has 1 aromatic heterocycles. The molecule has 1 atom stereocenters. The molecule has 2 heterocycles. The maximum absolute atomic E-state index is 13.6. The van der Waals surface area contributed by atoms with Crippen molar-refractivity contribution < 1.29 is 14.0 Å². The number of hydrogen-bond donors (Lipinski definition) is 2. The molecular formula is C28H25ClN2O3. The predicted molar refractivity (Wildman–Crippen MR) is 133 cm³/mol. The van der Waals surface area contributed by atoms with Crippen molar-refractivity contribution in [1.29, 1.82) is 0 Å². The number of hydrogen-bond acceptors (Lipinski definition) is 4. The number of ketones is 1. The SMILES string of the molecule is CC1=C(C(=O)Nc2ccccc2C)C(c2ccc(-c3ccccc3Cl)o2)C2=C(CCCC2=O)N1. The summed E-state index contributed by atoms with van der Waals surface area (Å²) in [5.41, 5.74) is 5.16. The lowest BCUT2D eigenvalue weighted by Crippen LogP contribution is -2.35. The van der Waals surface area contributed by atoms with Crippen LogP contribution in [-0.4, -0.2) is 11.7 Å². The molecule has 0 bridgehead atoms. The van der Waals surface area contributed by atoms with Crippen LogP contribution >= 0.6 is 11.6 Å². The Hall–Kier alpha value is -3.57. The third kappa shape index (κ3) is 3.97. The first kappa shape index (κ1) is 22.2. The first-order chi connectivity index (χ1) is 16.4. The number of carbonyl (C=O) groups is 2. The number of allylic oxidation sites excluding steroid dienone is 3. The Morgan fingerprint density at radius 3 is 2.59 bits per heavy atom. The van der Waals surface area contributed by atoms with Gasteiger partial charge in [-0.1, -0.05) is 41.9 Å². The monoisotopic (exact) mass is 472 g/mol. The van der Waals surface area contributed by atoms with Gasteiger partial charge < -0.3 is 15.1 Å². The standard InChI is InChI=1S/C28H25ClN2O3/c1-16-8-3-6-11-20(16)31-28(33)25-17(2)30-21-12-7-13-22(32)26(21)27(25)24-15-14-23(34-24)18-9-4-5-10-19(18)29/h3-6,8-11,14-15,27,30H,7,12-13H2,1-2H3,(H,31,33). The molecular weight excluding hydrogens is 448 g/mol. The number of halogens is 1. The fourth-order valence-electron chi connectivity index (χ4n) is 4.79. The molecule has 2 aromatic carbocycles. The Bertz CT molecular complexity index is 1370. The van der Waals surface area contributed by atoms with Crippen molar-refractivity contribution >= 4 is 29.0 Å². The van der Waals surface area contributed by atoms with Crippen molar-refractivity contribution in [3.8, 4) is 11.3 Å². The van der Waals surface area contributed by atoms with Crippen molar-refractivity contribution in [3.05, 3.63) is 99.6 Å². The Balaban J connectivity index is 1.60. The normalized spacial score (nSPS) is 18.0. The molecule has 0 saturated carbocycles. The molecule has 1 aliphatic carbocycles. The maximum atomic E-state index is 13.6. The lowest BCUT2D eigenvalue weighted by molar-refractivity contribution is -0.116. The number of benzene rings is 2. The van der Waals surface area contributed by atoms with Crippen LogP contribution < -0.4 is 10.6 Å². The van der Waals surface area contributed by atoms with Gasteiger partial charge in [-0.3, -0.25) is 9.59 Å². The zero-order valence-electron chi connectivity index (χ0n) is 19.1. The van der Waals surface area contributed by atoms with Crippen LogP contribution in [0.2, 0.25) is 5.02 Å². The number of anilines is 1. The largest absolute Gasteiger partial charge is 0.460 e. The van der Waals surface area contributed by atoms with Crippen molar-refractivity contribution in [3.63, 3.8) is 0 Å². The molecule has 0 radical (unpaired) electrons. The Labute approximate surface area is 203 Å². The topological polar surface area (TPSA) is 71.3 Å². The Kier molecular flexibility index (Phi) is 5.88. The van der Waals surface area contributed by atoms with Crippen LogP contribution in [0.4, 0.5) is 5.69 Å². The van der Waals surface area contributed by atoms with Crippen LogP contribution in [0.25, 0.3) is 11.3 Å². The van der Waals surface area contributed by atoms with Gasteiger partial charge in [0.05, 0.1) is 16.5 Å². The minimum atomic E-state index is -0.593. The average molecular weight is 473 g/mol. The number of dihydropyridines is 1. The zero-order valence-corrected chi connectivity index (χ0v) is 19.8. The van der Waals surface area contributed by atoms with E-state index in [1.165, 1.54) is 0 Å². The molecule has 0 fully saturated rings. The van der Waals surface area contributed by atoms with E-state index in [4.69, 9.17) is 16.0 Å². The van der Waals surface area contributed by atoms with Gasteiger partial charge in [0.15, 0.2) is 5.78 Å². The summed E-state index contributed by atoms with van der Waals surface area (Å²) in [5.74, 6) is 0.340. The van der Waals surface area contributed by atoms with E-state index in [1.54, 1.807) is 6.07 Å². The minimum Gasteiger partial charge on any atom is -0.460 e. The predicted octanol–water partition coefficient (Wildman–Crippen LogP) is 6.52. The molecule has 34 heavy (non-hydrogen) atoms. The molecule has 2 N–H and O–H groups in total. The highest BCUT2D eigenvalue weighted by Gasteiger charge is 2.40. The van der Waals surface area contributed by atoms with E-state index in [1.807, 2.05) is 68.4 Å². The molecule has 1 amide bonds. The van der Waals surface area contributed by atoms with Gasteiger partial charge in [-0.05, 0) is 62.6 Å². The van der Waals surface area contributed by atoms with E-state index in [2.05, 4.69) is 10.6 Å². The molecule has 1 unspecified atom stereocenters. The molecule has 0 saturated heterocycles. The highest BCUT2D eigenvalue weighted by atomic mass is 35.5. The first-order valence-corrected chi connectivity index (χ1v) is 11.8. The van der Waals surface area contributed by atoms with Crippen LogP contribution in [-0.2, 0) is 9.59 Å². The third-order valence-electron chi connectivity index (χ3n) is 6.46. The lowest BCUT2D eigenvalue weighted by atomic mass is 9.77. The summed E-state index contributed by atoms with van der Waals surface area (Å²) in [6.07, 6.45) is 2.01. The maximum Gasteiger partial charge on any atom is 0.254 e. The number of carbonyl (C=O) groups excluding carboxylic acids is 2. The molecule has 1 aliphatic heterocycles. The van der Waals surface area contributed by atoms with Gasteiger partial charge >= 0.3 is 0 Å². The van der Waals surface area contributed by atoms with Crippen molar-refractivity contribution in [2.24, 2.45) is 0 Å². The van der Waals surface area contributed by atoms with Crippen molar-refractivity contribution in [1.82, 2.24) is 5.32 Å². The van der Waals surface area contributed by atoms with E-state index < -0.39 is 5.92 Å². The molecule has 5 rings (SSSR count). The summed E-state index contributed by atoms with van der Waals surface area (Å²) in [5, 5.41) is 6.95. The van der Waals surface area contributed by atoms with Gasteiger partial charge in [0.1, 0.15) is 11.5 Å². The van der Waals surface area contributed by atoms with Crippen LogP contribution in [0, 0.1) is 6.92 Å². The van der Waals surface area contributed by atoms with Crippen LogP contribution in [0.1, 0.15) is 43.4 Å². The molecule has 0 spiro atoms. The van der Waals surface area contributed by atoms with E-state index in [0.29, 0.717) is 34.1 Å². The Morgan fingerprint density at radius 2 is 1.79 bits per heavy atom. The van der Waals surface area contributed by atoms with Gasteiger partial charge in [0, 0.05) is 34.6 Å². The quantitative estimate of drug-likeness (QED) is 0.453. The molecule has 5 nitrogen and oxygen atoms in total. The second-order valence-electron chi connectivity index (χ2n) is 8.72. The number of rotatable bonds is 4. The summed E-state index contributed by atoms with van der Waals surface area (Å²) in [7, 11) is 0. The zero-order chi connectivity index (χ0) is 23.8. The van der Waals surface area contributed by atoms with Crippen molar-refractivity contribution in [2.75, 3.05) is 5.32 Å². The van der Waals surface area contributed by atoms with Crippen LogP contribution in [0.15, 0.2) is 87.6 Å². The summed E-state index contributed by atoms with van der Waals surface area (Å²) in [6.45, 7) is 3.82. The minimum absolute atomic E-state index is 0.0446. The van der Waals surface area contributed by atoms with E-state index >= 15 is 0 Å². The van der Waals surface area contributed by atoms with Gasteiger partial charge in [-0.15, -0.1) is 0 Å². The van der Waals surface area contributed by atoms with Crippen LogP contribution in [0.3, 0.4) is 0 Å². The highest BCUT2D eigenvalue weighted by Crippen LogP contribution is 2.44. The van der Waals surface area contributed by atoms with Gasteiger partial charge in [-0.2, -0.15) is 0 Å². The molecule has 3 aromatic rings. The van der Waals surface area contributed by atoms with Gasteiger partial charge in [0.25, 0.3) is 5.91 Å². The Morgan fingerprint density at radius 1 is 1.03 bits per heavy atom. The second kappa shape index (κ2) is 8.99. The number of aryl methyl sites for hydroxylation is 1. The van der Waals surface area contributed by atoms with E-state index in [0.717, 1.165) is 41.1 Å². The smallest absolute Gasteiger partial charge is 0.254 e. The first-order valence-electron chi connectivity index (χ1n) is 11.4. The number of para-hydroxylation sites is 1. The molecule has 172 valence electrons. The second-order valence-corrected chi connectivity index (χ2v) is 9.12. The summed E-state index contributed by atoms with van der Waals surface area (Å²) in [6, 6.07) is 18.8. The number of Topliss-reactive ketones (excluding diaryl/α,β-unsaturated/α-hetero) is 1. The molecule has 2 aliphatic rings. The number of furan rings is 1. The third-order valence-corrected chi connectivity index (χ3v) is 6.79. The summed E-state index contributed by atoms with van der Waals surface area (Å²) in [4.78, 5) is 26.7. The fraction of sp³-hybridized carbons (Fsp3) is 0.214. The van der Waals surface area contributed by atoms with Gasteiger partial charge in [0.2, 0.25) is 0 Å². The van der Waals surface area contributed by atoms with Crippen LogP contribution in [0.5, 0.6) is 0 Å². The number of nitrogens with one attached hydrogen (secondary N) is 2. The fourth-order valence-corrected chi connectivity index (χ4v) is 5.01. The summed E-state index contributed by atoms with van der Waals surface area (Å²) < 4.78 is 6.28. The van der Waals surface area contributed by atoms with E-state index in [-0.39, 0.29) is 11.7 Å². The van der Waals surface area contributed by atoms with Gasteiger partial charge in [-0.25, -0.2) is 0 Å².